The first-order chi connectivity index (χ1) is 12.3. The lowest BCUT2D eigenvalue weighted by Gasteiger charge is -2.32. The first-order valence-corrected chi connectivity index (χ1v) is 8.86. The minimum absolute atomic E-state index is 0.143. The summed E-state index contributed by atoms with van der Waals surface area (Å²) in [5, 5.41) is 14.8. The third-order valence-electron chi connectivity index (χ3n) is 4.27. The highest BCUT2D eigenvalue weighted by molar-refractivity contribution is 7.18. The summed E-state index contributed by atoms with van der Waals surface area (Å²) in [7, 11) is 0. The summed E-state index contributed by atoms with van der Waals surface area (Å²) >= 11 is 1.12. The van der Waals surface area contributed by atoms with E-state index in [1.54, 1.807) is 13.0 Å². The lowest BCUT2D eigenvalue weighted by Crippen LogP contribution is -2.46. The molecule has 1 heterocycles. The van der Waals surface area contributed by atoms with Crippen LogP contribution in [0.3, 0.4) is 0 Å². The highest BCUT2D eigenvalue weighted by Gasteiger charge is 2.35. The monoisotopic (exact) mass is 376 g/mol. The highest BCUT2D eigenvalue weighted by Crippen LogP contribution is 2.30. The number of nitrogens with one attached hydrogen (secondary N) is 2. The zero-order chi connectivity index (χ0) is 18.8. The molecule has 3 N–H and O–H groups in total. The molecule has 0 atom stereocenters. The maximum Gasteiger partial charge on any atom is 0.306 e. The van der Waals surface area contributed by atoms with Gasteiger partial charge in [0, 0.05) is 11.6 Å². The van der Waals surface area contributed by atoms with Crippen LogP contribution in [-0.2, 0) is 4.79 Å². The minimum Gasteiger partial charge on any atom is -0.481 e. The maximum absolute atomic E-state index is 13.2. The van der Waals surface area contributed by atoms with Crippen LogP contribution in [0.1, 0.15) is 38.4 Å². The predicted octanol–water partition coefficient (Wildman–Crippen LogP) is 3.04. The van der Waals surface area contributed by atoms with Crippen molar-refractivity contribution < 1.29 is 23.9 Å². The van der Waals surface area contributed by atoms with Gasteiger partial charge >= 0.3 is 5.97 Å². The number of hydrogen-bond acceptors (Lipinski definition) is 4. The molecule has 0 radical (unpaired) electrons. The minimum atomic E-state index is -0.842. The van der Waals surface area contributed by atoms with Crippen LogP contribution in [-0.4, -0.2) is 28.9 Å². The molecule has 1 saturated carbocycles. The first kappa shape index (κ1) is 18.1. The number of rotatable bonds is 5. The molecule has 0 bridgehead atoms. The van der Waals surface area contributed by atoms with Crippen LogP contribution in [0.2, 0.25) is 0 Å². The maximum atomic E-state index is 13.2. The topological polar surface area (TPSA) is 95.5 Å². The molecule has 0 aliphatic heterocycles. The average molecular weight is 376 g/mol. The van der Waals surface area contributed by atoms with Gasteiger partial charge in [-0.3, -0.25) is 14.4 Å². The summed E-state index contributed by atoms with van der Waals surface area (Å²) in [5.74, 6) is -2.48. The first-order valence-electron chi connectivity index (χ1n) is 8.04. The largest absolute Gasteiger partial charge is 0.481 e. The SMILES string of the molecule is Cc1cc(NC(=O)c2cccc(F)c2)sc1C(=O)NC1CC(C(=O)O)C1. The molecule has 8 heteroatoms. The van der Waals surface area contributed by atoms with Gasteiger partial charge in [-0.1, -0.05) is 6.07 Å². The molecule has 0 unspecified atom stereocenters. The van der Waals surface area contributed by atoms with Crippen LogP contribution in [0, 0.1) is 18.7 Å². The van der Waals surface area contributed by atoms with E-state index in [1.807, 2.05) is 0 Å². The Morgan fingerprint density at radius 2 is 1.92 bits per heavy atom. The molecule has 26 heavy (non-hydrogen) atoms. The summed E-state index contributed by atoms with van der Waals surface area (Å²) in [6.07, 6.45) is 0.851. The zero-order valence-corrected chi connectivity index (χ0v) is 14.7. The number of carbonyl (C=O) groups is 3. The molecular formula is C18H17FN2O4S. The molecule has 1 aromatic carbocycles. The van der Waals surface area contributed by atoms with Gasteiger partial charge in [0.15, 0.2) is 0 Å². The molecule has 1 aromatic heterocycles. The number of hydrogen-bond donors (Lipinski definition) is 3. The van der Waals surface area contributed by atoms with Crippen molar-refractivity contribution >= 4 is 34.1 Å². The Hall–Kier alpha value is -2.74. The number of benzene rings is 1. The van der Waals surface area contributed by atoms with Crippen molar-refractivity contribution in [2.45, 2.75) is 25.8 Å². The van der Waals surface area contributed by atoms with Gasteiger partial charge in [0.05, 0.1) is 15.8 Å². The number of anilines is 1. The second-order valence-electron chi connectivity index (χ2n) is 6.26. The van der Waals surface area contributed by atoms with Crippen LogP contribution < -0.4 is 10.6 Å². The van der Waals surface area contributed by atoms with Crippen molar-refractivity contribution in [3.63, 3.8) is 0 Å². The Morgan fingerprint density at radius 3 is 2.58 bits per heavy atom. The van der Waals surface area contributed by atoms with E-state index in [0.717, 1.165) is 17.4 Å². The van der Waals surface area contributed by atoms with Crippen molar-refractivity contribution in [2.75, 3.05) is 5.32 Å². The summed E-state index contributed by atoms with van der Waals surface area (Å²) in [6, 6.07) is 6.88. The smallest absolute Gasteiger partial charge is 0.306 e. The molecule has 2 aromatic rings. The summed E-state index contributed by atoms with van der Waals surface area (Å²) < 4.78 is 13.2. The molecule has 136 valence electrons. The molecule has 1 aliphatic carbocycles. The number of aliphatic carboxylic acids is 1. The number of aryl methyl sites for hydroxylation is 1. The van der Waals surface area contributed by atoms with Crippen molar-refractivity contribution in [3.8, 4) is 0 Å². The number of carboxylic acid groups (broad SMARTS) is 1. The molecular weight excluding hydrogens is 359 g/mol. The Bertz CT molecular complexity index is 874. The fourth-order valence-electron chi connectivity index (χ4n) is 2.77. The molecule has 1 aliphatic rings. The molecule has 2 amide bonds. The second-order valence-corrected chi connectivity index (χ2v) is 7.32. The molecule has 6 nitrogen and oxygen atoms in total. The van der Waals surface area contributed by atoms with E-state index in [0.29, 0.717) is 28.3 Å². The predicted molar refractivity (Wildman–Crippen MR) is 95.0 cm³/mol. The third-order valence-corrected chi connectivity index (χ3v) is 5.42. The molecule has 3 rings (SSSR count). The summed E-state index contributed by atoms with van der Waals surface area (Å²) in [4.78, 5) is 35.8. The zero-order valence-electron chi connectivity index (χ0n) is 13.9. The van der Waals surface area contributed by atoms with Gasteiger partial charge in [-0.25, -0.2) is 4.39 Å². The van der Waals surface area contributed by atoms with E-state index in [-0.39, 0.29) is 17.5 Å². The van der Waals surface area contributed by atoms with Gasteiger partial charge in [0.2, 0.25) is 0 Å². The third kappa shape index (κ3) is 3.91. The van der Waals surface area contributed by atoms with Crippen LogP contribution in [0.4, 0.5) is 9.39 Å². The van der Waals surface area contributed by atoms with Crippen LogP contribution in [0.5, 0.6) is 0 Å². The van der Waals surface area contributed by atoms with E-state index in [1.165, 1.54) is 18.2 Å². The van der Waals surface area contributed by atoms with E-state index in [9.17, 15) is 18.8 Å². The highest BCUT2D eigenvalue weighted by atomic mass is 32.1. The Kier molecular flexibility index (Phi) is 5.03. The quantitative estimate of drug-likeness (QED) is 0.747. The van der Waals surface area contributed by atoms with Gasteiger partial charge in [0.1, 0.15) is 5.82 Å². The number of carboxylic acids is 1. The van der Waals surface area contributed by atoms with Gasteiger partial charge < -0.3 is 15.7 Å². The molecule has 0 saturated heterocycles. The summed E-state index contributed by atoms with van der Waals surface area (Å²) in [5.41, 5.74) is 0.896. The van der Waals surface area contributed by atoms with E-state index < -0.39 is 23.6 Å². The van der Waals surface area contributed by atoms with Crippen molar-refractivity contribution in [3.05, 3.63) is 52.2 Å². The number of carbonyl (C=O) groups excluding carboxylic acids is 2. The van der Waals surface area contributed by atoms with Crippen LogP contribution >= 0.6 is 11.3 Å². The normalized spacial score (nSPS) is 18.7. The van der Waals surface area contributed by atoms with Crippen LogP contribution in [0.15, 0.2) is 30.3 Å². The molecule has 0 spiro atoms. The number of amides is 2. The van der Waals surface area contributed by atoms with Gasteiger partial charge in [-0.2, -0.15) is 0 Å². The molecule has 1 fully saturated rings. The number of thiophene rings is 1. The van der Waals surface area contributed by atoms with E-state index >= 15 is 0 Å². The van der Waals surface area contributed by atoms with Gasteiger partial charge in [0.25, 0.3) is 11.8 Å². The lowest BCUT2D eigenvalue weighted by atomic mass is 9.80. The Morgan fingerprint density at radius 1 is 1.19 bits per heavy atom. The number of halogens is 1. The van der Waals surface area contributed by atoms with E-state index in [4.69, 9.17) is 5.11 Å². The fraction of sp³-hybridized carbons (Fsp3) is 0.278. The Labute approximate surface area is 153 Å². The van der Waals surface area contributed by atoms with Crippen molar-refractivity contribution in [1.29, 1.82) is 0 Å². The Balaban J connectivity index is 1.62. The average Bonchev–Trinajstić information content (AvgIpc) is 2.90. The van der Waals surface area contributed by atoms with Gasteiger partial charge in [-0.05, 0) is 49.6 Å². The lowest BCUT2D eigenvalue weighted by molar-refractivity contribution is -0.145. The van der Waals surface area contributed by atoms with Crippen molar-refractivity contribution in [2.24, 2.45) is 5.92 Å². The van der Waals surface area contributed by atoms with E-state index in [2.05, 4.69) is 10.6 Å². The van der Waals surface area contributed by atoms with Gasteiger partial charge in [-0.15, -0.1) is 11.3 Å². The van der Waals surface area contributed by atoms with Crippen molar-refractivity contribution in [1.82, 2.24) is 5.32 Å². The standard InChI is InChI=1S/C18H17FN2O4S/c1-9-5-14(21-16(22)10-3-2-4-12(19)6-10)26-15(9)17(23)20-13-7-11(8-13)18(24)25/h2-6,11,13H,7-8H2,1H3,(H,20,23)(H,21,22)(H,24,25). The van der Waals surface area contributed by atoms with Crippen LogP contribution in [0.25, 0.3) is 0 Å². The summed E-state index contributed by atoms with van der Waals surface area (Å²) in [6.45, 7) is 1.75. The second kappa shape index (κ2) is 7.25. The fourth-order valence-corrected chi connectivity index (χ4v) is 3.74.